The third kappa shape index (κ3) is 4.37. The molecule has 3 rings (SSSR count). The van der Waals surface area contributed by atoms with Crippen LogP contribution in [0.25, 0.3) is 10.8 Å². The Kier molecular flexibility index (Phi) is 6.17. The van der Waals surface area contributed by atoms with Crippen LogP contribution in [0.1, 0.15) is 31.2 Å². The molecule has 0 saturated heterocycles. The highest BCUT2D eigenvalue weighted by atomic mass is 35.5. The summed E-state index contributed by atoms with van der Waals surface area (Å²) in [6.45, 7) is 1.37. The topological polar surface area (TPSA) is 46.1 Å². The average molecular weight is 392 g/mol. The summed E-state index contributed by atoms with van der Waals surface area (Å²) in [5.74, 6) is -0.750. The Morgan fingerprint density at radius 3 is 2.62 bits per heavy atom. The van der Waals surface area contributed by atoms with Gasteiger partial charge >= 0.3 is 5.97 Å². The molecule has 0 atom stereocenters. The number of aromatic nitrogens is 2. The van der Waals surface area contributed by atoms with Crippen LogP contribution < -0.4 is 4.57 Å². The number of carboxylic acid groups (broad SMARTS) is 1. The first-order chi connectivity index (χ1) is 12.6. The Labute approximate surface area is 162 Å². The highest BCUT2D eigenvalue weighted by Gasteiger charge is 2.20. The first-order valence-corrected chi connectivity index (χ1v) is 9.44. The van der Waals surface area contributed by atoms with Crippen molar-refractivity contribution in [3.8, 4) is 0 Å². The fourth-order valence-corrected chi connectivity index (χ4v) is 3.57. The van der Waals surface area contributed by atoms with E-state index in [0.717, 1.165) is 19.4 Å². The zero-order chi connectivity index (χ0) is 18.5. The Morgan fingerprint density at radius 1 is 1.04 bits per heavy atom. The Morgan fingerprint density at radius 2 is 1.81 bits per heavy atom. The van der Waals surface area contributed by atoms with Crippen LogP contribution in [0.15, 0.2) is 48.8 Å². The van der Waals surface area contributed by atoms with Crippen LogP contribution in [-0.2, 0) is 17.9 Å². The molecular formula is C20H21Cl2N2O2+. The summed E-state index contributed by atoms with van der Waals surface area (Å²) in [6.07, 6.45) is 4.54. The van der Waals surface area contributed by atoms with Gasteiger partial charge < -0.3 is 5.11 Å². The molecule has 6 heteroatoms. The minimum atomic E-state index is -0.750. The number of fused-ring (bicyclic) bond motifs is 1. The molecule has 0 aliphatic rings. The molecule has 0 aliphatic carbocycles. The van der Waals surface area contributed by atoms with E-state index in [1.165, 1.54) is 16.3 Å². The van der Waals surface area contributed by atoms with Gasteiger partial charge in [0.05, 0.1) is 6.54 Å². The number of carbonyl (C=O) groups is 1. The molecule has 0 spiro atoms. The molecule has 1 heterocycles. The van der Waals surface area contributed by atoms with E-state index >= 15 is 0 Å². The summed E-state index contributed by atoms with van der Waals surface area (Å²) in [4.78, 5) is 10.6. The number of carboxylic acids is 1. The second kappa shape index (κ2) is 8.56. The average Bonchev–Trinajstić information content (AvgIpc) is 2.89. The molecule has 1 N–H and O–H groups in total. The molecular weight excluding hydrogens is 371 g/mol. The Hall–Kier alpha value is -2.04. The molecule has 0 bridgehead atoms. The number of aryl methyl sites for hydroxylation is 1. The summed E-state index contributed by atoms with van der Waals surface area (Å²) in [5, 5.41) is 12.1. The maximum Gasteiger partial charge on any atom is 0.303 e. The first kappa shape index (κ1) is 18.7. The van der Waals surface area contributed by atoms with E-state index in [0.29, 0.717) is 23.3 Å². The van der Waals surface area contributed by atoms with Crippen molar-refractivity contribution in [3.63, 3.8) is 0 Å². The number of imidazole rings is 1. The van der Waals surface area contributed by atoms with Gasteiger partial charge in [-0.3, -0.25) is 4.79 Å². The highest BCUT2D eigenvalue weighted by Crippen LogP contribution is 2.22. The maximum absolute atomic E-state index is 10.6. The van der Waals surface area contributed by atoms with E-state index in [2.05, 4.69) is 24.3 Å². The zero-order valence-electron chi connectivity index (χ0n) is 14.4. The van der Waals surface area contributed by atoms with E-state index in [1.807, 2.05) is 33.7 Å². The van der Waals surface area contributed by atoms with Gasteiger partial charge in [0.2, 0.25) is 6.33 Å². The van der Waals surface area contributed by atoms with Crippen molar-refractivity contribution in [3.05, 3.63) is 64.7 Å². The third-order valence-corrected chi connectivity index (χ3v) is 5.35. The lowest BCUT2D eigenvalue weighted by atomic mass is 10.0. The van der Waals surface area contributed by atoms with Crippen LogP contribution >= 0.6 is 23.2 Å². The molecule has 0 aliphatic heterocycles. The summed E-state index contributed by atoms with van der Waals surface area (Å²) >= 11 is 12.8. The fourth-order valence-electron chi connectivity index (χ4n) is 3.12. The molecule has 26 heavy (non-hydrogen) atoms. The van der Waals surface area contributed by atoms with E-state index in [9.17, 15) is 4.79 Å². The van der Waals surface area contributed by atoms with Gasteiger partial charge in [0, 0.05) is 12.0 Å². The fraction of sp³-hybridized carbons (Fsp3) is 0.300. The second-order valence-corrected chi connectivity index (χ2v) is 7.08. The SMILES string of the molecule is O=C(O)CCCCCn1c[n+](Cc2cccc3ccccc23)c(Cl)c1Cl. The van der Waals surface area contributed by atoms with Crippen molar-refractivity contribution in [1.82, 2.24) is 4.57 Å². The molecule has 0 fully saturated rings. The number of rotatable bonds is 8. The van der Waals surface area contributed by atoms with Gasteiger partial charge in [-0.2, -0.15) is 0 Å². The van der Waals surface area contributed by atoms with Crippen LogP contribution in [0.3, 0.4) is 0 Å². The zero-order valence-corrected chi connectivity index (χ0v) is 15.9. The number of benzene rings is 2. The van der Waals surface area contributed by atoms with Crippen molar-refractivity contribution >= 4 is 39.9 Å². The van der Waals surface area contributed by atoms with Crippen LogP contribution in [0.4, 0.5) is 0 Å². The lowest BCUT2D eigenvalue weighted by molar-refractivity contribution is -0.685. The van der Waals surface area contributed by atoms with E-state index in [1.54, 1.807) is 0 Å². The molecule has 0 radical (unpaired) electrons. The molecule has 0 amide bonds. The van der Waals surface area contributed by atoms with Crippen molar-refractivity contribution in [2.75, 3.05) is 0 Å². The van der Waals surface area contributed by atoms with Crippen LogP contribution in [-0.4, -0.2) is 15.6 Å². The van der Waals surface area contributed by atoms with E-state index in [-0.39, 0.29) is 6.42 Å². The van der Waals surface area contributed by atoms with Gasteiger partial charge in [-0.1, -0.05) is 42.5 Å². The molecule has 2 aromatic carbocycles. The molecule has 0 unspecified atom stereocenters. The molecule has 1 aromatic heterocycles. The summed E-state index contributed by atoms with van der Waals surface area (Å²) < 4.78 is 3.87. The van der Waals surface area contributed by atoms with Gasteiger partial charge in [0.1, 0.15) is 6.54 Å². The standard InChI is InChI=1S/C20H20Cl2N2O2/c21-19-20(22)24(14-23(19)12-5-1-2-11-18(25)26)13-16-9-6-8-15-7-3-4-10-17(15)16/h3-4,6-10,14H,1-2,5,11-13H2/p+1. The summed E-state index contributed by atoms with van der Waals surface area (Å²) in [7, 11) is 0. The van der Waals surface area contributed by atoms with E-state index in [4.69, 9.17) is 28.3 Å². The number of nitrogens with zero attached hydrogens (tertiary/aromatic N) is 2. The maximum atomic E-state index is 10.6. The van der Waals surface area contributed by atoms with Gasteiger partial charge in [0.15, 0.2) is 0 Å². The number of hydrogen-bond donors (Lipinski definition) is 1. The number of aliphatic carboxylic acids is 1. The van der Waals surface area contributed by atoms with Crippen molar-refractivity contribution in [2.24, 2.45) is 0 Å². The Bertz CT molecular complexity index is 916. The van der Waals surface area contributed by atoms with Crippen molar-refractivity contribution in [1.29, 1.82) is 0 Å². The first-order valence-electron chi connectivity index (χ1n) is 8.68. The largest absolute Gasteiger partial charge is 0.481 e. The lowest BCUT2D eigenvalue weighted by Gasteiger charge is -2.04. The van der Waals surface area contributed by atoms with Crippen molar-refractivity contribution < 1.29 is 14.5 Å². The van der Waals surface area contributed by atoms with E-state index < -0.39 is 5.97 Å². The Balaban J connectivity index is 1.72. The molecule has 4 nitrogen and oxygen atoms in total. The van der Waals surface area contributed by atoms with Gasteiger partial charge in [-0.05, 0) is 53.2 Å². The predicted octanol–water partition coefficient (Wildman–Crippen LogP) is 4.93. The van der Waals surface area contributed by atoms with Gasteiger partial charge in [0.25, 0.3) is 10.3 Å². The lowest BCUT2D eigenvalue weighted by Crippen LogP contribution is -2.33. The smallest absolute Gasteiger partial charge is 0.303 e. The molecule has 3 aromatic rings. The minimum absolute atomic E-state index is 0.210. The monoisotopic (exact) mass is 391 g/mol. The van der Waals surface area contributed by atoms with Crippen LogP contribution in [0, 0.1) is 0 Å². The molecule has 136 valence electrons. The second-order valence-electron chi connectivity index (χ2n) is 6.36. The predicted molar refractivity (Wildman–Crippen MR) is 104 cm³/mol. The van der Waals surface area contributed by atoms with Gasteiger partial charge in [-0.25, -0.2) is 9.13 Å². The summed E-state index contributed by atoms with van der Waals surface area (Å²) in [6, 6.07) is 14.5. The van der Waals surface area contributed by atoms with Gasteiger partial charge in [-0.15, -0.1) is 0 Å². The highest BCUT2D eigenvalue weighted by molar-refractivity contribution is 6.39. The van der Waals surface area contributed by atoms with Crippen LogP contribution in [0.5, 0.6) is 0 Å². The number of halogens is 2. The normalized spacial score (nSPS) is 11.2. The number of unbranched alkanes of at least 4 members (excludes halogenated alkanes) is 2. The van der Waals surface area contributed by atoms with Crippen LogP contribution in [0.2, 0.25) is 10.3 Å². The third-order valence-electron chi connectivity index (χ3n) is 4.46. The van der Waals surface area contributed by atoms with Crippen molar-refractivity contribution in [2.45, 2.75) is 38.8 Å². The quantitative estimate of drug-likeness (QED) is 0.437. The molecule has 0 saturated carbocycles. The summed E-state index contributed by atoms with van der Waals surface area (Å²) in [5.41, 5.74) is 1.19. The minimum Gasteiger partial charge on any atom is -0.481 e. The number of hydrogen-bond acceptors (Lipinski definition) is 1.